The molecule has 0 aromatic carbocycles. The van der Waals surface area contributed by atoms with Gasteiger partial charge in [0.25, 0.3) is 5.91 Å². The maximum Gasteiger partial charge on any atom is 0.487 e. The van der Waals surface area contributed by atoms with E-state index in [2.05, 4.69) is 14.7 Å². The average molecular weight is 579 g/mol. The molecule has 2 aliphatic heterocycles. The molecule has 0 radical (unpaired) electrons. The minimum absolute atomic E-state index is 0.120. The highest BCUT2D eigenvalue weighted by Crippen LogP contribution is 2.68. The number of aryl methyl sites for hydroxylation is 1. The molecule has 1 aromatic heterocycles. The van der Waals surface area contributed by atoms with Crippen molar-refractivity contribution in [1.82, 2.24) is 15.1 Å². The number of nitrogens with zero attached hydrogens (tertiary/aromatic N) is 2. The molecule has 4 rings (SSSR count). The van der Waals surface area contributed by atoms with Gasteiger partial charge in [-0.25, -0.2) is 0 Å². The molecule has 3 aliphatic rings. The first-order chi connectivity index (χ1) is 17.9. The van der Waals surface area contributed by atoms with Crippen molar-refractivity contribution in [1.29, 1.82) is 0 Å². The number of carbonyl (C=O) groups excluding carboxylic acids is 2. The van der Waals surface area contributed by atoms with E-state index in [-0.39, 0.29) is 42.8 Å². The van der Waals surface area contributed by atoms with Crippen LogP contribution in [0.5, 0.6) is 0 Å². The standard InChI is InChI=1S/C24H34F2N3O7PS/c1-3-28-10-9-16-6-7-18(23(32)33)29(16)22(31)17(13-28)27-21(30)20-12-14-11-15(5-8-19(14)38-20)24(25,26)37(34,35)36-4-2/h11-12,16-18,23,32-35H,3-10,13H2,1-2H3/p+1/t16?,17-,18-/m0/s1. The molecular weight excluding hydrogens is 543 g/mol. The van der Waals surface area contributed by atoms with Crippen LogP contribution < -0.4 is 5.32 Å². The van der Waals surface area contributed by atoms with Crippen LogP contribution in [0.2, 0.25) is 0 Å². The first-order valence-corrected chi connectivity index (χ1v) is 15.2. The van der Waals surface area contributed by atoms with Gasteiger partial charge in [0.15, 0.2) is 6.29 Å². The van der Waals surface area contributed by atoms with E-state index in [1.165, 1.54) is 24.0 Å². The van der Waals surface area contributed by atoms with Crippen LogP contribution in [0.25, 0.3) is 6.08 Å². The van der Waals surface area contributed by atoms with Crippen LogP contribution in [-0.2, 0) is 15.7 Å². The minimum Gasteiger partial charge on any atom is -0.366 e. The Bertz CT molecular complexity index is 1080. The van der Waals surface area contributed by atoms with E-state index in [0.717, 1.165) is 11.3 Å². The van der Waals surface area contributed by atoms with Crippen LogP contribution in [0, 0.1) is 0 Å². The summed E-state index contributed by atoms with van der Waals surface area (Å²) in [5, 5.41) is 22.5. The number of allylic oxidation sites excluding steroid dienone is 1. The second kappa shape index (κ2) is 11.5. The molecule has 0 saturated carbocycles. The lowest BCUT2D eigenvalue weighted by Crippen LogP contribution is -2.60. The second-order valence-corrected chi connectivity index (χ2v) is 12.9. The van der Waals surface area contributed by atoms with E-state index in [1.807, 2.05) is 6.92 Å². The summed E-state index contributed by atoms with van der Waals surface area (Å²) in [4.78, 5) is 51.0. The number of aliphatic hydroxyl groups is 2. The van der Waals surface area contributed by atoms with Crippen molar-refractivity contribution in [2.24, 2.45) is 0 Å². The van der Waals surface area contributed by atoms with Crippen LogP contribution in [0.1, 0.15) is 59.6 Å². The van der Waals surface area contributed by atoms with Crippen molar-refractivity contribution in [3.8, 4) is 0 Å². The van der Waals surface area contributed by atoms with Crippen LogP contribution in [0.15, 0.2) is 11.6 Å². The topological polar surface area (TPSA) is 143 Å². The van der Waals surface area contributed by atoms with Gasteiger partial charge in [-0.15, -0.1) is 11.3 Å². The van der Waals surface area contributed by atoms with Gasteiger partial charge in [-0.2, -0.15) is 23.1 Å². The third-order valence-electron chi connectivity index (χ3n) is 7.49. The van der Waals surface area contributed by atoms with Gasteiger partial charge in [-0.3, -0.25) is 9.59 Å². The summed E-state index contributed by atoms with van der Waals surface area (Å²) < 4.78 is 34.2. The van der Waals surface area contributed by atoms with Gasteiger partial charge in [-0.05, 0) is 63.3 Å². The largest absolute Gasteiger partial charge is 0.487 e. The summed E-state index contributed by atoms with van der Waals surface area (Å²) >= 11 is 1.14. The molecule has 38 heavy (non-hydrogen) atoms. The lowest BCUT2D eigenvalue weighted by molar-refractivity contribution is -0.150. The molecule has 3 heterocycles. The Hall–Kier alpha value is -1.57. The number of carbonyl (C=O) groups is 2. The molecule has 1 aromatic rings. The first kappa shape index (κ1) is 29.4. The number of fused-ring (bicyclic) bond motifs is 2. The Morgan fingerprint density at radius 2 is 2.00 bits per heavy atom. The number of aliphatic hydroxyl groups excluding tert-OH is 1. The highest BCUT2D eigenvalue weighted by atomic mass is 32.1. The summed E-state index contributed by atoms with van der Waals surface area (Å²) in [6.45, 7) is 4.72. The third kappa shape index (κ3) is 5.66. The minimum atomic E-state index is -4.97. The zero-order chi connectivity index (χ0) is 27.8. The normalized spacial score (nSPS) is 25.1. The fourth-order valence-electron chi connectivity index (χ4n) is 5.46. The fourth-order valence-corrected chi connectivity index (χ4v) is 7.58. The van der Waals surface area contributed by atoms with Crippen molar-refractivity contribution in [3.63, 3.8) is 0 Å². The van der Waals surface area contributed by atoms with E-state index in [0.29, 0.717) is 42.8 Å². The molecule has 212 valence electrons. The average Bonchev–Trinajstić information content (AvgIpc) is 3.48. The molecule has 5 N–H and O–H groups in total. The van der Waals surface area contributed by atoms with Crippen LogP contribution >= 0.6 is 19.3 Å². The van der Waals surface area contributed by atoms with Crippen molar-refractivity contribution in [3.05, 3.63) is 27.0 Å². The van der Waals surface area contributed by atoms with Gasteiger partial charge in [-0.1, -0.05) is 6.92 Å². The number of hydrogen-bond donors (Lipinski definition) is 5. The van der Waals surface area contributed by atoms with Crippen molar-refractivity contribution >= 4 is 37.2 Å². The summed E-state index contributed by atoms with van der Waals surface area (Å²) in [6.07, 6.45) is 1.39. The fraction of sp³-hybridized carbons (Fsp3) is 0.667. The van der Waals surface area contributed by atoms with Gasteiger partial charge >= 0.3 is 13.6 Å². The molecule has 10 nitrogen and oxygen atoms in total. The number of nitrogens with one attached hydrogen (secondary N) is 1. The monoisotopic (exact) mass is 578 g/mol. The molecule has 3 atom stereocenters. The number of alkyl halides is 2. The van der Waals surface area contributed by atoms with Crippen molar-refractivity contribution in [2.45, 2.75) is 76.0 Å². The lowest BCUT2D eigenvalue weighted by atomic mass is 9.99. The molecule has 1 unspecified atom stereocenters. The third-order valence-corrected chi connectivity index (χ3v) is 10.3. The Balaban J connectivity index is 1.55. The summed E-state index contributed by atoms with van der Waals surface area (Å²) in [5.41, 5.74) is -4.02. The second-order valence-electron chi connectivity index (χ2n) is 9.83. The Labute approximate surface area is 224 Å². The van der Waals surface area contributed by atoms with Gasteiger partial charge < -0.3 is 25.3 Å². The number of rotatable bonds is 8. The van der Waals surface area contributed by atoms with E-state index in [9.17, 15) is 38.4 Å². The number of thiophene rings is 1. The highest BCUT2D eigenvalue weighted by Gasteiger charge is 2.66. The molecule has 14 heteroatoms. The van der Waals surface area contributed by atoms with Gasteiger partial charge in [0.1, 0.15) is 6.04 Å². The summed E-state index contributed by atoms with van der Waals surface area (Å²) in [5.74, 6) is -0.902. The van der Waals surface area contributed by atoms with Gasteiger partial charge in [0.2, 0.25) is 5.91 Å². The van der Waals surface area contributed by atoms with Crippen LogP contribution in [0.4, 0.5) is 8.78 Å². The van der Waals surface area contributed by atoms with Crippen molar-refractivity contribution < 1.29 is 42.9 Å². The SMILES string of the molecule is CCO[P+](O)(O)C(F)(F)C1=Cc2cc(C(=O)N[C@H]3CN(CC)CCC4CC[C@@H](C(O)O)N4C3=O)sc2CC1. The van der Waals surface area contributed by atoms with Gasteiger partial charge in [0, 0.05) is 29.6 Å². The highest BCUT2D eigenvalue weighted by molar-refractivity contribution is 7.61. The van der Waals surface area contributed by atoms with E-state index < -0.39 is 43.5 Å². The lowest BCUT2D eigenvalue weighted by Gasteiger charge is -2.39. The quantitative estimate of drug-likeness (QED) is 0.233. The molecule has 2 fully saturated rings. The summed E-state index contributed by atoms with van der Waals surface area (Å²) in [7, 11) is -4.97. The van der Waals surface area contributed by atoms with Crippen LogP contribution in [-0.4, -0.2) is 97.9 Å². The summed E-state index contributed by atoms with van der Waals surface area (Å²) in [6, 6.07) is -0.333. The number of likely N-dealkylation sites (N-methyl/N-ethyl adjacent to an activating group) is 1. The van der Waals surface area contributed by atoms with E-state index in [4.69, 9.17) is 0 Å². The van der Waals surface area contributed by atoms with Crippen molar-refractivity contribution in [2.75, 3.05) is 26.2 Å². The molecule has 2 saturated heterocycles. The van der Waals surface area contributed by atoms with Crippen LogP contribution in [0.3, 0.4) is 0 Å². The Morgan fingerprint density at radius 1 is 1.26 bits per heavy atom. The Morgan fingerprint density at radius 3 is 2.66 bits per heavy atom. The first-order valence-electron chi connectivity index (χ1n) is 12.8. The van der Waals surface area contributed by atoms with E-state index >= 15 is 0 Å². The smallest absolute Gasteiger partial charge is 0.366 e. The molecule has 2 amide bonds. The number of halogens is 2. The predicted octanol–water partition coefficient (Wildman–Crippen LogP) is 1.95. The van der Waals surface area contributed by atoms with Gasteiger partial charge in [0.05, 0.1) is 17.5 Å². The van der Waals surface area contributed by atoms with E-state index in [1.54, 1.807) is 0 Å². The molecule has 0 spiro atoms. The zero-order valence-electron chi connectivity index (χ0n) is 21.3. The number of amides is 2. The molecule has 0 bridgehead atoms. The zero-order valence-corrected chi connectivity index (χ0v) is 23.1. The maximum atomic E-state index is 14.8. The predicted molar refractivity (Wildman–Crippen MR) is 138 cm³/mol. The maximum absolute atomic E-state index is 14.8. The Kier molecular flexibility index (Phi) is 8.90. The number of hydrogen-bond acceptors (Lipinski definition) is 9. The molecule has 1 aliphatic carbocycles. The molecular formula is C24H35F2N3O7PS+.